The Balaban J connectivity index is 1.55. The molecule has 5 aromatic rings. The van der Waals surface area contributed by atoms with Crippen LogP contribution in [0.15, 0.2) is 100 Å². The van der Waals surface area contributed by atoms with Crippen molar-refractivity contribution in [3.05, 3.63) is 128 Å². The van der Waals surface area contributed by atoms with Gasteiger partial charge in [0, 0.05) is 11.2 Å². The number of aromatic nitrogens is 1. The Kier molecular flexibility index (Phi) is 5.48. The summed E-state index contributed by atoms with van der Waals surface area (Å²) in [7, 11) is 0. The second-order valence-corrected chi connectivity index (χ2v) is 9.09. The maximum absolute atomic E-state index is 13.7. The third-order valence-corrected chi connectivity index (χ3v) is 6.40. The minimum absolute atomic E-state index is 0.0362. The molecule has 0 radical (unpaired) electrons. The van der Waals surface area contributed by atoms with E-state index in [-0.39, 0.29) is 22.3 Å². The molecule has 0 fully saturated rings. The largest absolute Gasteiger partial charge is 0.457 e. The Labute approximate surface area is 215 Å². The zero-order valence-corrected chi connectivity index (χ0v) is 20.0. The van der Waals surface area contributed by atoms with Crippen LogP contribution in [0.5, 0.6) is 11.5 Å². The topological polar surface area (TPSA) is 72.6 Å². The quantitative estimate of drug-likeness (QED) is 0.257. The predicted octanol–water partition coefficient (Wildman–Crippen LogP) is 7.04. The minimum atomic E-state index is -0.805. The van der Waals surface area contributed by atoms with E-state index in [2.05, 4.69) is 4.98 Å². The molecule has 0 aliphatic carbocycles. The maximum atomic E-state index is 13.7. The van der Waals surface area contributed by atoms with Crippen LogP contribution in [0.2, 0.25) is 10.0 Å². The van der Waals surface area contributed by atoms with E-state index < -0.39 is 11.9 Å². The number of nitrogens with zero attached hydrogens (tertiary/aromatic N) is 2. The Bertz CT molecular complexity index is 1680. The molecule has 6 rings (SSSR count). The summed E-state index contributed by atoms with van der Waals surface area (Å²) in [6, 6.07) is 23.8. The van der Waals surface area contributed by atoms with Gasteiger partial charge in [-0.1, -0.05) is 53.5 Å². The first-order valence-electron chi connectivity index (χ1n) is 11.0. The van der Waals surface area contributed by atoms with Crippen molar-refractivity contribution in [3.63, 3.8) is 0 Å². The first kappa shape index (κ1) is 22.3. The Hall–Kier alpha value is -4.13. The lowest BCUT2D eigenvalue weighted by Gasteiger charge is -2.24. The number of fused-ring (bicyclic) bond motifs is 2. The van der Waals surface area contributed by atoms with Crippen molar-refractivity contribution in [2.24, 2.45) is 0 Å². The molecule has 6 nitrogen and oxygen atoms in total. The summed E-state index contributed by atoms with van der Waals surface area (Å²) in [5, 5.41) is 1.11. The van der Waals surface area contributed by atoms with Gasteiger partial charge in [-0.25, -0.2) is 4.98 Å². The number of pyridine rings is 1. The Morgan fingerprint density at radius 3 is 2.39 bits per heavy atom. The number of benzene rings is 3. The fourth-order valence-corrected chi connectivity index (χ4v) is 4.66. The van der Waals surface area contributed by atoms with Crippen LogP contribution in [0.25, 0.3) is 11.0 Å². The summed E-state index contributed by atoms with van der Waals surface area (Å²) in [6.07, 6.45) is 1.45. The highest BCUT2D eigenvalue weighted by atomic mass is 35.5. The molecule has 1 atom stereocenters. The fourth-order valence-electron chi connectivity index (χ4n) is 4.38. The number of hydrogen-bond donors (Lipinski definition) is 0. The molecular weight excluding hydrogens is 499 g/mol. The monoisotopic (exact) mass is 514 g/mol. The average Bonchev–Trinajstić information content (AvgIpc) is 3.18. The number of amides is 1. The molecule has 0 bridgehead atoms. The summed E-state index contributed by atoms with van der Waals surface area (Å²) < 4.78 is 12.0. The first-order chi connectivity index (χ1) is 17.5. The van der Waals surface area contributed by atoms with Gasteiger partial charge in [-0.05, 0) is 60.2 Å². The van der Waals surface area contributed by atoms with Crippen LogP contribution in [0.1, 0.15) is 27.7 Å². The third-order valence-electron chi connectivity index (χ3n) is 5.94. The Morgan fingerprint density at radius 1 is 0.833 bits per heavy atom. The van der Waals surface area contributed by atoms with Crippen molar-refractivity contribution in [1.82, 2.24) is 4.98 Å². The lowest BCUT2D eigenvalue weighted by atomic mass is 9.98. The van der Waals surface area contributed by atoms with Crippen LogP contribution in [0, 0.1) is 0 Å². The zero-order valence-electron chi connectivity index (χ0n) is 18.5. The summed E-state index contributed by atoms with van der Waals surface area (Å²) in [6.45, 7) is 0. The van der Waals surface area contributed by atoms with E-state index in [4.69, 9.17) is 32.4 Å². The number of ether oxygens (including phenoxy) is 1. The van der Waals surface area contributed by atoms with Gasteiger partial charge in [0.15, 0.2) is 5.43 Å². The van der Waals surface area contributed by atoms with Gasteiger partial charge in [-0.3, -0.25) is 14.5 Å². The summed E-state index contributed by atoms with van der Waals surface area (Å²) >= 11 is 12.2. The van der Waals surface area contributed by atoms with Gasteiger partial charge in [0.2, 0.25) is 5.76 Å². The molecular formula is C28H16Cl2N2O4. The van der Waals surface area contributed by atoms with Crippen molar-refractivity contribution in [2.75, 3.05) is 4.90 Å². The standard InChI is InChI=1S/C28H16Cl2N2O4/c29-17-9-11-22-21(14-17)26(33)24-25(16-5-4-8-20(13-16)35-19-6-2-1-3-7-19)32(28(34)27(24)36-22)23-12-10-18(30)15-31-23/h1-15,25H. The summed E-state index contributed by atoms with van der Waals surface area (Å²) in [4.78, 5) is 33.2. The zero-order chi connectivity index (χ0) is 24.8. The summed E-state index contributed by atoms with van der Waals surface area (Å²) in [5.41, 5.74) is 0.810. The van der Waals surface area contributed by atoms with E-state index in [1.54, 1.807) is 36.4 Å². The molecule has 0 saturated heterocycles. The number of rotatable bonds is 4. The number of halogens is 2. The second-order valence-electron chi connectivity index (χ2n) is 8.21. The second kappa shape index (κ2) is 8.82. The number of carbonyl (C=O) groups is 1. The third kappa shape index (κ3) is 3.81. The molecule has 1 unspecified atom stereocenters. The van der Waals surface area contributed by atoms with E-state index in [0.29, 0.717) is 38.3 Å². The van der Waals surface area contributed by atoms with Crippen LogP contribution in [0.3, 0.4) is 0 Å². The molecule has 1 aliphatic heterocycles. The molecule has 0 saturated carbocycles. The summed E-state index contributed by atoms with van der Waals surface area (Å²) in [5.74, 6) is 1.03. The van der Waals surface area contributed by atoms with Crippen molar-refractivity contribution < 1.29 is 13.9 Å². The van der Waals surface area contributed by atoms with Crippen LogP contribution in [-0.2, 0) is 0 Å². The molecule has 0 spiro atoms. The van der Waals surface area contributed by atoms with Gasteiger partial charge in [0.25, 0.3) is 5.91 Å². The number of anilines is 1. The van der Waals surface area contributed by atoms with Gasteiger partial charge in [-0.15, -0.1) is 0 Å². The molecule has 36 heavy (non-hydrogen) atoms. The highest BCUT2D eigenvalue weighted by molar-refractivity contribution is 6.31. The Morgan fingerprint density at radius 2 is 1.61 bits per heavy atom. The van der Waals surface area contributed by atoms with Gasteiger partial charge < -0.3 is 9.15 Å². The number of para-hydroxylation sites is 1. The molecule has 3 heterocycles. The molecule has 176 valence electrons. The fraction of sp³-hybridized carbons (Fsp3) is 0.0357. The SMILES string of the molecule is O=C1c2oc3ccc(Cl)cc3c(=O)c2C(c2cccc(Oc3ccccc3)c2)N1c1ccc(Cl)cn1. The van der Waals surface area contributed by atoms with E-state index in [1.807, 2.05) is 48.5 Å². The maximum Gasteiger partial charge on any atom is 0.296 e. The van der Waals surface area contributed by atoms with Gasteiger partial charge >= 0.3 is 0 Å². The van der Waals surface area contributed by atoms with Gasteiger partial charge in [0.05, 0.1) is 22.0 Å². The lowest BCUT2D eigenvalue weighted by molar-refractivity contribution is 0.0970. The highest BCUT2D eigenvalue weighted by Crippen LogP contribution is 2.41. The van der Waals surface area contributed by atoms with Crippen molar-refractivity contribution in [3.8, 4) is 11.5 Å². The van der Waals surface area contributed by atoms with E-state index >= 15 is 0 Å². The lowest BCUT2D eigenvalue weighted by Crippen LogP contribution is -2.30. The number of carbonyl (C=O) groups excluding carboxylic acids is 1. The molecule has 1 amide bonds. The molecule has 8 heteroatoms. The molecule has 1 aliphatic rings. The van der Waals surface area contributed by atoms with E-state index in [1.165, 1.54) is 11.1 Å². The van der Waals surface area contributed by atoms with Crippen LogP contribution < -0.4 is 15.1 Å². The van der Waals surface area contributed by atoms with Crippen LogP contribution >= 0.6 is 23.2 Å². The first-order valence-corrected chi connectivity index (χ1v) is 11.8. The van der Waals surface area contributed by atoms with Crippen molar-refractivity contribution in [2.45, 2.75) is 6.04 Å². The molecule has 3 aromatic carbocycles. The highest BCUT2D eigenvalue weighted by Gasteiger charge is 2.44. The van der Waals surface area contributed by atoms with Crippen molar-refractivity contribution in [1.29, 1.82) is 0 Å². The van der Waals surface area contributed by atoms with Crippen LogP contribution in [0.4, 0.5) is 5.82 Å². The smallest absolute Gasteiger partial charge is 0.296 e. The predicted molar refractivity (Wildman–Crippen MR) is 138 cm³/mol. The normalized spacial score (nSPS) is 14.8. The van der Waals surface area contributed by atoms with Gasteiger partial charge in [-0.2, -0.15) is 0 Å². The average molecular weight is 515 g/mol. The molecule has 0 N–H and O–H groups in total. The van der Waals surface area contributed by atoms with Gasteiger partial charge in [0.1, 0.15) is 22.9 Å². The van der Waals surface area contributed by atoms with Crippen LogP contribution in [-0.4, -0.2) is 10.9 Å². The molecule has 2 aromatic heterocycles. The van der Waals surface area contributed by atoms with E-state index in [9.17, 15) is 9.59 Å². The van der Waals surface area contributed by atoms with E-state index in [0.717, 1.165) is 0 Å². The number of hydrogen-bond acceptors (Lipinski definition) is 5. The van der Waals surface area contributed by atoms with Crippen molar-refractivity contribution >= 4 is 45.9 Å². The minimum Gasteiger partial charge on any atom is -0.457 e.